The number of hydrogen-bond donors (Lipinski definition) is 3. The van der Waals surface area contributed by atoms with Gasteiger partial charge in [0, 0.05) is 29.2 Å². The average Bonchev–Trinajstić information content (AvgIpc) is 2.71. The molecule has 3 rings (SSSR count). The van der Waals surface area contributed by atoms with E-state index in [0.29, 0.717) is 18.0 Å². The zero-order chi connectivity index (χ0) is 11.3. The number of hydroxylamine groups is 1. The zero-order valence-corrected chi connectivity index (χ0v) is 8.32. The van der Waals surface area contributed by atoms with Crippen molar-refractivity contribution >= 4 is 17.3 Å². The largest absolute Gasteiger partial charge is 0.621 e. The van der Waals surface area contributed by atoms with E-state index in [0.717, 1.165) is 12.0 Å². The smallest absolute Gasteiger partial charge is 0.351 e. The number of benzene rings is 1. The quantitative estimate of drug-likeness (QED) is 0.437. The topological polar surface area (TPSA) is 103 Å². The molecule has 1 aromatic rings. The summed E-state index contributed by atoms with van der Waals surface area (Å²) in [6.45, 7) is 0.580. The van der Waals surface area contributed by atoms with Crippen LogP contribution in [0, 0.1) is 10.4 Å². The fourth-order valence-corrected chi connectivity index (χ4v) is 1.95. The van der Waals surface area contributed by atoms with Crippen molar-refractivity contribution in [2.24, 2.45) is 10.8 Å². The molecule has 1 aromatic carbocycles. The maximum atomic E-state index is 11.7. The summed E-state index contributed by atoms with van der Waals surface area (Å²) in [7, 11) is 0. The second-order valence-electron chi connectivity index (χ2n) is 3.74. The molecule has 84 valence electrons. The van der Waals surface area contributed by atoms with Crippen LogP contribution in [-0.4, -0.2) is 12.6 Å². The lowest BCUT2D eigenvalue weighted by Gasteiger charge is -2.28. The van der Waals surface area contributed by atoms with E-state index in [4.69, 9.17) is 10.5 Å². The third kappa shape index (κ3) is 1.20. The molecule has 7 nitrogen and oxygen atoms in total. The highest BCUT2D eigenvalue weighted by molar-refractivity contribution is 5.75. The number of ether oxygens (including phenoxy) is 1. The van der Waals surface area contributed by atoms with Crippen LogP contribution in [0.2, 0.25) is 0 Å². The van der Waals surface area contributed by atoms with Crippen molar-refractivity contribution in [1.82, 2.24) is 0 Å². The lowest BCUT2D eigenvalue weighted by molar-refractivity contribution is -0.812. The second kappa shape index (κ2) is 3.16. The summed E-state index contributed by atoms with van der Waals surface area (Å²) in [5, 5.41) is 25.9. The monoisotopic (exact) mass is 222 g/mol. The molecule has 0 radical (unpaired) electrons. The number of quaternary nitrogens is 2. The van der Waals surface area contributed by atoms with E-state index in [1.807, 2.05) is 0 Å². The first-order chi connectivity index (χ1) is 7.66. The van der Waals surface area contributed by atoms with Crippen LogP contribution in [-0.2, 0) is 6.42 Å². The third-order valence-electron chi connectivity index (χ3n) is 2.76. The molecule has 2 unspecified atom stereocenters. The number of nitrogens with zero attached hydrogens (tertiary/aromatic N) is 1. The maximum Gasteiger partial charge on any atom is 0.351 e. The molecule has 0 bridgehead atoms. The van der Waals surface area contributed by atoms with Gasteiger partial charge in [-0.2, -0.15) is 5.17 Å². The van der Waals surface area contributed by atoms with Gasteiger partial charge in [-0.15, -0.1) is 0 Å². The Morgan fingerprint density at radius 1 is 1.31 bits per heavy atom. The fraction of sp³-hybridized carbons (Fsp3) is 0.222. The Morgan fingerprint density at radius 2 is 2.12 bits per heavy atom. The predicted octanol–water partition coefficient (Wildman–Crippen LogP) is -2.11. The molecule has 0 saturated heterocycles. The van der Waals surface area contributed by atoms with Crippen LogP contribution in [0.1, 0.15) is 5.56 Å². The minimum atomic E-state index is -0.457. The van der Waals surface area contributed by atoms with Crippen LogP contribution in [0.4, 0.5) is 11.4 Å². The Morgan fingerprint density at radius 3 is 2.94 bits per heavy atom. The summed E-state index contributed by atoms with van der Waals surface area (Å²) in [4.78, 5) is 0. The molecule has 7 heteroatoms. The lowest BCUT2D eigenvalue weighted by atomic mass is 10.1. The summed E-state index contributed by atoms with van der Waals surface area (Å²) >= 11 is 0. The van der Waals surface area contributed by atoms with E-state index in [1.165, 1.54) is 0 Å². The van der Waals surface area contributed by atoms with Gasteiger partial charge >= 0.3 is 5.96 Å². The van der Waals surface area contributed by atoms with E-state index in [9.17, 15) is 10.4 Å². The summed E-state index contributed by atoms with van der Waals surface area (Å²) < 4.78 is 5.34. The molecule has 0 aliphatic carbocycles. The first kappa shape index (κ1) is 9.55. The van der Waals surface area contributed by atoms with Crippen LogP contribution < -0.4 is 20.7 Å². The Labute approximate surface area is 90.8 Å². The number of nitrogens with two attached hydrogens (primary N) is 1. The van der Waals surface area contributed by atoms with Gasteiger partial charge in [-0.1, -0.05) is 0 Å². The third-order valence-corrected chi connectivity index (χ3v) is 2.76. The van der Waals surface area contributed by atoms with Crippen LogP contribution in [0.5, 0.6) is 5.75 Å². The average molecular weight is 222 g/mol. The van der Waals surface area contributed by atoms with Crippen molar-refractivity contribution in [2.75, 3.05) is 6.61 Å². The molecule has 4 N–H and O–H groups in total. The standard InChI is InChI=1S/C9H10N4O3/c10-9-11-13(15)7-3-5-1-2-16-8(5)4-6(7)12(9)14/h3-4,12-13H,1-2H2,(H2,10,11). The number of hydrogen-bond acceptors (Lipinski definition) is 5. The maximum absolute atomic E-state index is 11.7. The van der Waals surface area contributed by atoms with Crippen molar-refractivity contribution in [3.05, 3.63) is 28.1 Å². The molecule has 16 heavy (non-hydrogen) atoms. The number of rotatable bonds is 0. The Kier molecular flexibility index (Phi) is 1.88. The highest BCUT2D eigenvalue weighted by atomic mass is 16.5. The van der Waals surface area contributed by atoms with Gasteiger partial charge in [-0.05, 0) is 0 Å². The van der Waals surface area contributed by atoms with E-state index in [1.54, 1.807) is 12.1 Å². The molecule has 2 aliphatic rings. The molecule has 2 aliphatic heterocycles. The van der Waals surface area contributed by atoms with E-state index in [-0.39, 0.29) is 11.6 Å². The van der Waals surface area contributed by atoms with E-state index < -0.39 is 10.2 Å². The summed E-state index contributed by atoms with van der Waals surface area (Å²) in [6.07, 6.45) is 0.753. The van der Waals surface area contributed by atoms with E-state index in [2.05, 4.69) is 5.10 Å². The Hall–Kier alpha value is -1.67. The second-order valence-corrected chi connectivity index (χ2v) is 3.74. The van der Waals surface area contributed by atoms with Crippen LogP contribution in [0.3, 0.4) is 0 Å². The Balaban J connectivity index is 2.17. The minimum absolute atomic E-state index is 0.254. The van der Waals surface area contributed by atoms with Gasteiger partial charge in [0.15, 0.2) is 0 Å². The van der Waals surface area contributed by atoms with Crippen molar-refractivity contribution in [2.45, 2.75) is 6.42 Å². The van der Waals surface area contributed by atoms with Gasteiger partial charge in [0.05, 0.1) is 6.61 Å². The van der Waals surface area contributed by atoms with Gasteiger partial charge < -0.3 is 20.9 Å². The Bertz CT molecular complexity index is 488. The molecule has 0 saturated carbocycles. The van der Waals surface area contributed by atoms with Crippen LogP contribution in [0.15, 0.2) is 17.2 Å². The van der Waals surface area contributed by atoms with E-state index >= 15 is 0 Å². The number of nitrogens with one attached hydrogen (secondary N) is 2. The first-order valence-electron chi connectivity index (χ1n) is 4.90. The molecular weight excluding hydrogens is 212 g/mol. The zero-order valence-electron chi connectivity index (χ0n) is 8.32. The summed E-state index contributed by atoms with van der Waals surface area (Å²) in [5.74, 6) is 0.407. The molecule has 2 heterocycles. The molecule has 2 atom stereocenters. The van der Waals surface area contributed by atoms with Gasteiger partial charge in [-0.25, -0.2) is 0 Å². The van der Waals surface area contributed by atoms with Gasteiger partial charge in [0.1, 0.15) is 5.75 Å². The molecule has 0 amide bonds. The predicted molar refractivity (Wildman–Crippen MR) is 55.2 cm³/mol. The van der Waals surface area contributed by atoms with Gasteiger partial charge in [0.25, 0.3) is 0 Å². The normalized spacial score (nSPS) is 26.8. The van der Waals surface area contributed by atoms with Crippen LogP contribution in [0.25, 0.3) is 0 Å². The SMILES string of the molecule is NC1=N[NH+]([O-])c2cc3c(cc2[NH+]1[O-])OCC3. The molecule has 0 spiro atoms. The fourth-order valence-electron chi connectivity index (χ4n) is 1.95. The number of guanidine groups is 1. The molecule has 0 fully saturated rings. The van der Waals surface area contributed by atoms with Crippen LogP contribution >= 0.6 is 0 Å². The summed E-state index contributed by atoms with van der Waals surface area (Å²) in [5.41, 5.74) is 6.92. The van der Waals surface area contributed by atoms with Crippen molar-refractivity contribution < 1.29 is 15.0 Å². The van der Waals surface area contributed by atoms with Crippen molar-refractivity contribution in [3.8, 4) is 5.75 Å². The minimum Gasteiger partial charge on any atom is -0.621 e. The van der Waals surface area contributed by atoms with Crippen molar-refractivity contribution in [1.29, 1.82) is 0 Å². The first-order valence-corrected chi connectivity index (χ1v) is 4.90. The number of fused-ring (bicyclic) bond motifs is 2. The lowest BCUT2D eigenvalue weighted by Crippen LogP contribution is -3.14. The molecule has 0 aromatic heterocycles. The highest BCUT2D eigenvalue weighted by Gasteiger charge is 2.29. The van der Waals surface area contributed by atoms with Crippen molar-refractivity contribution in [3.63, 3.8) is 0 Å². The van der Waals surface area contributed by atoms with Gasteiger partial charge in [0.2, 0.25) is 11.4 Å². The van der Waals surface area contributed by atoms with Gasteiger partial charge in [-0.3, -0.25) is 5.06 Å². The highest BCUT2D eigenvalue weighted by Crippen LogP contribution is 2.31. The summed E-state index contributed by atoms with van der Waals surface area (Å²) in [6, 6.07) is 3.26. The molecular formula is C9H10N4O3.